The van der Waals surface area contributed by atoms with Crippen LogP contribution in [0.3, 0.4) is 0 Å². The Bertz CT molecular complexity index is 851. The molecule has 3 heterocycles. The van der Waals surface area contributed by atoms with Gasteiger partial charge in [0.25, 0.3) is 0 Å². The number of rotatable bonds is 3. The molecule has 118 valence electrons. The van der Waals surface area contributed by atoms with E-state index in [-0.39, 0.29) is 11.9 Å². The van der Waals surface area contributed by atoms with E-state index in [2.05, 4.69) is 23.5 Å². The first-order chi connectivity index (χ1) is 11.3. The number of para-hydroxylation sites is 1. The van der Waals surface area contributed by atoms with Crippen molar-refractivity contribution < 1.29 is 9.32 Å². The summed E-state index contributed by atoms with van der Waals surface area (Å²) in [4.78, 5) is 16.3. The number of hydrogen-bond acceptors (Lipinski definition) is 4. The second-order valence-electron chi connectivity index (χ2n) is 5.86. The van der Waals surface area contributed by atoms with Gasteiger partial charge in [-0.25, -0.2) is 0 Å². The Kier molecular flexibility index (Phi) is 3.65. The largest absolute Gasteiger partial charge is 0.356 e. The first-order valence-electron chi connectivity index (χ1n) is 7.97. The van der Waals surface area contributed by atoms with Gasteiger partial charge in [-0.2, -0.15) is 0 Å². The van der Waals surface area contributed by atoms with Gasteiger partial charge >= 0.3 is 0 Å². The van der Waals surface area contributed by atoms with Gasteiger partial charge in [0.1, 0.15) is 5.69 Å². The van der Waals surface area contributed by atoms with E-state index in [4.69, 9.17) is 4.52 Å². The van der Waals surface area contributed by atoms with Gasteiger partial charge in [-0.15, -0.1) is 11.3 Å². The second-order valence-corrected chi connectivity index (χ2v) is 6.86. The Labute approximate surface area is 138 Å². The lowest BCUT2D eigenvalue weighted by atomic mass is 9.97. The lowest BCUT2D eigenvalue weighted by Gasteiger charge is -2.35. The molecular formula is C18H18N2O2S. The molecule has 0 radical (unpaired) electrons. The highest BCUT2D eigenvalue weighted by molar-refractivity contribution is 7.10. The maximum atomic E-state index is 12.9. The monoisotopic (exact) mass is 326 g/mol. The summed E-state index contributed by atoms with van der Waals surface area (Å²) in [5.74, 6) is 0.132. The molecule has 0 spiro atoms. The fourth-order valence-corrected chi connectivity index (χ4v) is 4.37. The Hall–Kier alpha value is -2.14. The van der Waals surface area contributed by atoms with Crippen molar-refractivity contribution in [3.05, 3.63) is 51.8 Å². The molecule has 1 atom stereocenters. The van der Waals surface area contributed by atoms with Crippen molar-refractivity contribution in [2.45, 2.75) is 32.2 Å². The highest BCUT2D eigenvalue weighted by Gasteiger charge is 2.30. The number of aromatic nitrogens is 1. The van der Waals surface area contributed by atoms with Crippen molar-refractivity contribution in [1.82, 2.24) is 10.1 Å². The van der Waals surface area contributed by atoms with Crippen molar-refractivity contribution in [3.63, 3.8) is 0 Å². The first kappa shape index (κ1) is 14.5. The highest BCUT2D eigenvalue weighted by atomic mass is 32.1. The Morgan fingerprint density at radius 3 is 3.13 bits per heavy atom. The predicted octanol–water partition coefficient (Wildman–Crippen LogP) is 3.97. The minimum Gasteiger partial charge on any atom is -0.356 e. The van der Waals surface area contributed by atoms with E-state index in [0.717, 1.165) is 36.0 Å². The summed E-state index contributed by atoms with van der Waals surface area (Å²) in [6.45, 7) is 2.93. The van der Waals surface area contributed by atoms with Crippen LogP contribution in [0.15, 0.2) is 40.2 Å². The number of carbonyl (C=O) groups excluding carboxylic acids is 1. The van der Waals surface area contributed by atoms with E-state index in [1.807, 2.05) is 29.2 Å². The number of thiophene rings is 1. The average molecular weight is 326 g/mol. The summed E-state index contributed by atoms with van der Waals surface area (Å²) in [5, 5.41) is 7.16. The van der Waals surface area contributed by atoms with Gasteiger partial charge in [-0.3, -0.25) is 4.79 Å². The molecule has 2 aromatic heterocycles. The van der Waals surface area contributed by atoms with Crippen LogP contribution < -0.4 is 0 Å². The van der Waals surface area contributed by atoms with Crippen molar-refractivity contribution in [1.29, 1.82) is 0 Å². The number of benzene rings is 1. The molecule has 4 rings (SSSR count). The molecule has 0 saturated carbocycles. The van der Waals surface area contributed by atoms with Crippen LogP contribution in [-0.2, 0) is 17.6 Å². The molecule has 5 heteroatoms. The summed E-state index contributed by atoms with van der Waals surface area (Å²) >= 11 is 1.80. The molecule has 23 heavy (non-hydrogen) atoms. The summed E-state index contributed by atoms with van der Waals surface area (Å²) in [5.41, 5.74) is 2.79. The second kappa shape index (κ2) is 5.81. The topological polar surface area (TPSA) is 46.3 Å². The van der Waals surface area contributed by atoms with E-state index in [0.29, 0.717) is 6.42 Å². The third-order valence-corrected chi connectivity index (χ3v) is 5.57. The van der Waals surface area contributed by atoms with Crippen molar-refractivity contribution in [2.75, 3.05) is 6.54 Å². The number of hydrogen-bond donors (Lipinski definition) is 0. The van der Waals surface area contributed by atoms with Crippen LogP contribution >= 0.6 is 11.3 Å². The quantitative estimate of drug-likeness (QED) is 0.731. The standard InChI is InChI=1S/C18H18N2O2S/c1-2-15-13-8-10-23-17(13)7-9-20(15)18(21)11-14-12-5-3-4-6-16(12)22-19-14/h3-6,8,10,15H,2,7,9,11H2,1H3. The molecule has 0 bridgehead atoms. The van der Waals surface area contributed by atoms with Crippen LogP contribution in [0.5, 0.6) is 0 Å². The third-order valence-electron chi connectivity index (χ3n) is 4.57. The maximum Gasteiger partial charge on any atom is 0.229 e. The van der Waals surface area contributed by atoms with Gasteiger partial charge in [0.15, 0.2) is 5.58 Å². The summed E-state index contributed by atoms with van der Waals surface area (Å²) < 4.78 is 5.32. The predicted molar refractivity (Wildman–Crippen MR) is 90.5 cm³/mol. The van der Waals surface area contributed by atoms with Gasteiger partial charge in [-0.1, -0.05) is 24.2 Å². The number of nitrogens with zero attached hydrogens (tertiary/aromatic N) is 2. The van der Waals surface area contributed by atoms with E-state index in [1.165, 1.54) is 10.4 Å². The van der Waals surface area contributed by atoms with E-state index < -0.39 is 0 Å². The van der Waals surface area contributed by atoms with E-state index in [1.54, 1.807) is 11.3 Å². The van der Waals surface area contributed by atoms with Crippen LogP contribution in [0.2, 0.25) is 0 Å². The van der Waals surface area contributed by atoms with Crippen LogP contribution in [0.4, 0.5) is 0 Å². The number of fused-ring (bicyclic) bond motifs is 2. The van der Waals surface area contributed by atoms with E-state index >= 15 is 0 Å². The Morgan fingerprint density at radius 1 is 1.39 bits per heavy atom. The zero-order valence-corrected chi connectivity index (χ0v) is 13.8. The Balaban J connectivity index is 1.60. The summed E-state index contributed by atoms with van der Waals surface area (Å²) in [7, 11) is 0. The van der Waals surface area contributed by atoms with Crippen LogP contribution in [-0.4, -0.2) is 22.5 Å². The zero-order chi connectivity index (χ0) is 15.8. The SMILES string of the molecule is CCC1c2ccsc2CCN1C(=O)Cc1noc2ccccc12. The number of amides is 1. The molecule has 1 amide bonds. The number of carbonyl (C=O) groups is 1. The van der Waals surface area contributed by atoms with Gasteiger partial charge in [-0.05, 0) is 42.0 Å². The van der Waals surface area contributed by atoms with Crippen molar-refractivity contribution in [2.24, 2.45) is 0 Å². The highest BCUT2D eigenvalue weighted by Crippen LogP contribution is 2.35. The molecular weight excluding hydrogens is 308 g/mol. The lowest BCUT2D eigenvalue weighted by molar-refractivity contribution is -0.133. The van der Waals surface area contributed by atoms with Crippen LogP contribution in [0.25, 0.3) is 11.0 Å². The fraction of sp³-hybridized carbons (Fsp3) is 0.333. The molecule has 3 aromatic rings. The van der Waals surface area contributed by atoms with Crippen LogP contribution in [0, 0.1) is 0 Å². The zero-order valence-electron chi connectivity index (χ0n) is 13.0. The average Bonchev–Trinajstić information content (AvgIpc) is 3.21. The minimum atomic E-state index is 0.132. The molecule has 1 unspecified atom stereocenters. The van der Waals surface area contributed by atoms with Crippen LogP contribution in [0.1, 0.15) is 35.5 Å². The van der Waals surface area contributed by atoms with Crippen molar-refractivity contribution in [3.8, 4) is 0 Å². The molecule has 0 saturated heterocycles. The fourth-order valence-electron chi connectivity index (χ4n) is 3.45. The third kappa shape index (κ3) is 2.45. The molecule has 1 aliphatic rings. The Morgan fingerprint density at radius 2 is 2.26 bits per heavy atom. The smallest absolute Gasteiger partial charge is 0.229 e. The molecule has 1 aromatic carbocycles. The summed E-state index contributed by atoms with van der Waals surface area (Å²) in [6, 6.07) is 10.0. The minimum absolute atomic E-state index is 0.132. The molecule has 4 nitrogen and oxygen atoms in total. The van der Waals surface area contributed by atoms with Crippen molar-refractivity contribution >= 4 is 28.2 Å². The first-order valence-corrected chi connectivity index (χ1v) is 8.85. The van der Waals surface area contributed by atoms with Gasteiger partial charge in [0, 0.05) is 16.8 Å². The molecule has 0 N–H and O–H groups in total. The molecule has 0 aliphatic carbocycles. The van der Waals surface area contributed by atoms with Gasteiger partial charge in [0.2, 0.25) is 5.91 Å². The van der Waals surface area contributed by atoms with Gasteiger partial charge in [0.05, 0.1) is 12.5 Å². The maximum absolute atomic E-state index is 12.9. The molecule has 0 fully saturated rings. The lowest BCUT2D eigenvalue weighted by Crippen LogP contribution is -2.40. The normalized spacial score (nSPS) is 17.4. The van der Waals surface area contributed by atoms with Gasteiger partial charge < -0.3 is 9.42 Å². The molecule has 1 aliphatic heterocycles. The van der Waals surface area contributed by atoms with E-state index in [9.17, 15) is 4.79 Å². The summed E-state index contributed by atoms with van der Waals surface area (Å²) in [6.07, 6.45) is 2.19.